The second-order valence-corrected chi connectivity index (χ2v) is 21.1. The first-order valence-electron chi connectivity index (χ1n) is 15.3. The van der Waals surface area contributed by atoms with Crippen LogP contribution in [0.5, 0.6) is 0 Å². The van der Waals surface area contributed by atoms with Crippen molar-refractivity contribution in [3.8, 4) is 11.5 Å². The average molecular weight is 895 g/mol. The van der Waals surface area contributed by atoms with Crippen molar-refractivity contribution in [3.63, 3.8) is 0 Å². The van der Waals surface area contributed by atoms with Crippen LogP contribution in [0, 0.1) is 51.4 Å². The molecule has 56 heavy (non-hydrogen) atoms. The van der Waals surface area contributed by atoms with Gasteiger partial charge >= 0.3 is 85.7 Å². The molecular formula is C39H44Co2O13Si2. The number of esters is 3. The fourth-order valence-electron chi connectivity index (χ4n) is 4.52. The number of benzene rings is 2. The Morgan fingerprint density at radius 3 is 1.34 bits per heavy atom. The minimum absolute atomic E-state index is 0. The Morgan fingerprint density at radius 1 is 0.661 bits per heavy atom. The smallest absolute Gasteiger partial charge is 0 e. The third-order valence-electron chi connectivity index (χ3n) is 6.19. The van der Waals surface area contributed by atoms with Gasteiger partial charge in [-0.15, -0.1) is 5.54 Å². The number of carbonyl (C=O) groups excluding carboxylic acids is 3. The third kappa shape index (κ3) is 27.6. The molecule has 17 heteroatoms. The van der Waals surface area contributed by atoms with Gasteiger partial charge in [0.15, 0.2) is 12.2 Å². The third-order valence-corrected chi connectivity index (χ3v) is 12.1. The summed E-state index contributed by atoms with van der Waals surface area (Å²) in [5, 5.41) is 1.71. The van der Waals surface area contributed by atoms with Gasteiger partial charge in [0.1, 0.15) is 20.8 Å². The summed E-state index contributed by atoms with van der Waals surface area (Å²) in [5.74, 6) is 1.68. The van der Waals surface area contributed by atoms with E-state index in [2.05, 4.69) is 116 Å². The normalized spacial score (nSPS) is 10.9. The molecule has 0 bridgehead atoms. The number of rotatable bonds is 11. The molecule has 0 unspecified atom stereocenters. The Kier molecular flexibility index (Phi) is 46.8. The molecule has 2 aromatic rings. The Bertz CT molecular complexity index is 1490. The molecule has 2 rings (SSSR count). The van der Waals surface area contributed by atoms with E-state index in [0.717, 1.165) is 10.4 Å². The van der Waals surface area contributed by atoms with Crippen LogP contribution in [-0.2, 0) is 94.5 Å². The van der Waals surface area contributed by atoms with Crippen molar-refractivity contribution in [2.24, 2.45) is 0 Å². The van der Waals surface area contributed by atoms with Gasteiger partial charge in [0.05, 0.1) is 0 Å². The van der Waals surface area contributed by atoms with Crippen molar-refractivity contribution in [1.82, 2.24) is 0 Å². The molecule has 3 atom stereocenters. The van der Waals surface area contributed by atoms with Crippen LogP contribution >= 0.6 is 0 Å². The van der Waals surface area contributed by atoms with E-state index in [0.29, 0.717) is 0 Å². The van der Waals surface area contributed by atoms with Crippen LogP contribution in [0.4, 0.5) is 0 Å². The predicted octanol–water partition coefficient (Wildman–Crippen LogP) is 4.57. The Hall–Kier alpha value is -4.00. The maximum absolute atomic E-state index is 12.4. The van der Waals surface area contributed by atoms with Crippen LogP contribution in [0.15, 0.2) is 72.8 Å². The Balaban J connectivity index is -0.000000312. The monoisotopic (exact) mass is 894 g/mol. The topological polar surface area (TPSA) is 208 Å². The molecular weight excluding hydrogens is 850 g/mol. The molecule has 0 aliphatic rings. The zero-order valence-electron chi connectivity index (χ0n) is 32.3. The summed E-state index contributed by atoms with van der Waals surface area (Å²) in [4.78, 5) is 35.7. The molecule has 0 saturated carbocycles. The summed E-state index contributed by atoms with van der Waals surface area (Å²) < 4.78 is 68.7. The van der Waals surface area contributed by atoms with Crippen molar-refractivity contribution in [2.45, 2.75) is 84.5 Å². The Labute approximate surface area is 352 Å². The van der Waals surface area contributed by atoms with Crippen molar-refractivity contribution in [2.75, 3.05) is 6.61 Å². The van der Waals surface area contributed by atoms with E-state index in [1.807, 2.05) is 36.4 Å². The van der Waals surface area contributed by atoms with Crippen LogP contribution in [0.1, 0.15) is 41.5 Å². The summed E-state index contributed by atoms with van der Waals surface area (Å²) in [7, 11) is -5.01. The molecule has 0 aromatic heterocycles. The molecule has 0 aliphatic heterocycles. The largest absolute Gasteiger partial charge is 0 e. The van der Waals surface area contributed by atoms with E-state index in [1.54, 1.807) is 12.2 Å². The molecule has 0 spiro atoms. The van der Waals surface area contributed by atoms with E-state index >= 15 is 0 Å². The van der Waals surface area contributed by atoms with Crippen molar-refractivity contribution in [1.29, 1.82) is 0 Å². The van der Waals surface area contributed by atoms with Gasteiger partial charge in [-0.2, -0.15) is 0 Å². The number of ether oxygens (including phenoxy) is 3. The van der Waals surface area contributed by atoms with Crippen LogP contribution in [0.3, 0.4) is 0 Å². The molecule has 0 heterocycles. The van der Waals surface area contributed by atoms with Gasteiger partial charge in [-0.05, 0) is 21.5 Å². The fraction of sp³-hybridized carbons (Fsp3) is 0.359. The molecule has 0 aliphatic carbocycles. The summed E-state index contributed by atoms with van der Waals surface area (Å²) in [5.41, 5.74) is 3.33. The van der Waals surface area contributed by atoms with Crippen LogP contribution in [0.2, 0.25) is 24.7 Å². The summed E-state index contributed by atoms with van der Waals surface area (Å²) in [6.45, 7) is 43.5. The molecule has 0 fully saturated rings. The van der Waals surface area contributed by atoms with E-state index in [-0.39, 0.29) is 45.2 Å². The van der Waals surface area contributed by atoms with Crippen LogP contribution in [-0.4, -0.2) is 59.2 Å². The van der Waals surface area contributed by atoms with Gasteiger partial charge in [0.2, 0.25) is 0 Å². The van der Waals surface area contributed by atoms with E-state index < -0.39 is 52.6 Å². The molecule has 304 valence electrons. The maximum atomic E-state index is 12.4. The van der Waals surface area contributed by atoms with E-state index in [9.17, 15) is 14.4 Å². The van der Waals surface area contributed by atoms with Gasteiger partial charge < -0.3 is 18.6 Å². The molecule has 0 amide bonds. The van der Waals surface area contributed by atoms with Crippen LogP contribution < -0.4 is 10.4 Å². The minimum Gasteiger partial charge on any atom is 0 e. The van der Waals surface area contributed by atoms with Gasteiger partial charge in [-0.3, -0.25) is 14.4 Å². The van der Waals surface area contributed by atoms with Gasteiger partial charge in [0, 0.05) is 54.3 Å². The van der Waals surface area contributed by atoms with Crippen molar-refractivity contribution < 1.29 is 94.5 Å². The number of hydrogen-bond acceptors (Lipinski definition) is 7. The van der Waals surface area contributed by atoms with Gasteiger partial charge in [-0.25, -0.2) is 0 Å². The molecule has 2 aromatic carbocycles. The molecule has 2 radical (unpaired) electrons. The quantitative estimate of drug-likeness (QED) is 0.0597. The zero-order valence-corrected chi connectivity index (χ0v) is 36.4. The van der Waals surface area contributed by atoms with Gasteiger partial charge in [0.25, 0.3) is 8.32 Å². The molecule has 0 saturated heterocycles. The fourth-order valence-corrected chi connectivity index (χ4v) is 9.72. The summed E-state index contributed by atoms with van der Waals surface area (Å²) in [6.07, 6.45) is 0.653. The van der Waals surface area contributed by atoms with Gasteiger partial charge in [-0.1, -0.05) is 113 Å². The zero-order chi connectivity index (χ0) is 43.6. The first-order chi connectivity index (χ1) is 25.5. The van der Waals surface area contributed by atoms with Crippen molar-refractivity contribution >= 4 is 44.7 Å². The Morgan fingerprint density at radius 2 is 1.04 bits per heavy atom. The van der Waals surface area contributed by atoms with Crippen LogP contribution in [0.25, 0.3) is 0 Å². The second kappa shape index (κ2) is 39.2. The maximum Gasteiger partial charge on any atom is 0 e. The first-order valence-corrected chi connectivity index (χ1v) is 20.7. The van der Waals surface area contributed by atoms with E-state index in [1.165, 1.54) is 20.8 Å². The molecule has 13 nitrogen and oxygen atoms in total. The summed E-state index contributed by atoms with van der Waals surface area (Å²) >= 11 is 0. The molecule has 0 N–H and O–H groups in total. The first kappa shape index (κ1) is 66.8. The summed E-state index contributed by atoms with van der Waals surface area (Å²) in [6, 6.07) is 20.2. The minimum atomic E-state index is -3.13. The van der Waals surface area contributed by atoms with E-state index in [4.69, 9.17) is 46.5 Å². The standard InChI is InChI=1S/C33H44O7Si2.6CO.2Co/c1-25(34)37-24-28(38-26(2)35)20-21-32(31(39-27(3)36)22-23-41(7,8)9)40-42(33(4,5)6,29-16-12-10-13-17-29)30-18-14-11-15-19-30;6*1-2;;/h10-21,28,31-32H,24H2,1-9H3;;;;;;;;/b21-20-;;;;;;;;/t28-,31+,32+;;;;;;;;/m0......../s1. The second-order valence-electron chi connectivity index (χ2n) is 12.1. The number of hydrogen-bond donors (Lipinski definition) is 0. The number of carbonyl (C=O) groups is 3. The average Bonchev–Trinajstić information content (AvgIpc) is 3.17. The van der Waals surface area contributed by atoms with Crippen molar-refractivity contribution in [3.05, 3.63) is 113 Å². The predicted molar refractivity (Wildman–Crippen MR) is 194 cm³/mol. The SMILES string of the molecule is CC(=O)OC[C@H](/C=C\[C@@H](O[Si](c1ccccc1)(c1ccccc1)C(C)(C)C)[C@@H](C#C[Si](C)(C)C)OC(C)=O)OC(C)=O.[C-]#[O+].[C-]#[O+].[C-]#[O+].[C-]#[O+].[C-]#[O+].[C-]#[O+].[Co].[Co].